The normalized spacial score (nSPS) is 10.3. The van der Waals surface area contributed by atoms with E-state index in [2.05, 4.69) is 14.7 Å². The first-order chi connectivity index (χ1) is 9.01. The summed E-state index contributed by atoms with van der Waals surface area (Å²) >= 11 is 0. The number of halogens is 2. The number of aromatic nitrogens is 2. The minimum absolute atomic E-state index is 0.0110. The van der Waals surface area contributed by atoms with Crippen LogP contribution in [0, 0.1) is 11.6 Å². The van der Waals surface area contributed by atoms with Crippen molar-refractivity contribution in [2.45, 2.75) is 0 Å². The maximum absolute atomic E-state index is 13.1. The van der Waals surface area contributed by atoms with Crippen LogP contribution in [-0.4, -0.2) is 23.0 Å². The van der Waals surface area contributed by atoms with Crippen molar-refractivity contribution < 1.29 is 18.3 Å². The smallest absolute Gasteiger partial charge is 0.343 e. The van der Waals surface area contributed by atoms with E-state index in [0.29, 0.717) is 0 Å². The molecule has 1 heterocycles. The van der Waals surface area contributed by atoms with E-state index in [1.807, 2.05) is 0 Å². The molecule has 5 nitrogen and oxygen atoms in total. The Morgan fingerprint density at radius 1 is 1.26 bits per heavy atom. The highest BCUT2D eigenvalue weighted by atomic mass is 19.1. The molecular weight excluding hydrogens is 256 g/mol. The Kier molecular flexibility index (Phi) is 3.37. The van der Waals surface area contributed by atoms with Crippen molar-refractivity contribution in [2.24, 2.45) is 0 Å². The van der Waals surface area contributed by atoms with Gasteiger partial charge in [-0.3, -0.25) is 0 Å². The molecule has 2 N–H and O–H groups in total. The van der Waals surface area contributed by atoms with Crippen LogP contribution in [0.2, 0.25) is 0 Å². The number of methoxy groups -OCH3 is 1. The van der Waals surface area contributed by atoms with E-state index in [-0.39, 0.29) is 22.8 Å². The third-order valence-corrected chi connectivity index (χ3v) is 2.34. The zero-order valence-electron chi connectivity index (χ0n) is 9.85. The number of benzene rings is 1. The highest BCUT2D eigenvalue weighted by Crippen LogP contribution is 2.20. The van der Waals surface area contributed by atoms with E-state index in [1.165, 1.54) is 7.11 Å². The van der Waals surface area contributed by atoms with E-state index in [1.54, 1.807) is 0 Å². The Labute approximate surface area is 107 Å². The minimum atomic E-state index is -0.755. The number of rotatable bonds is 2. The summed E-state index contributed by atoms with van der Waals surface area (Å²) in [5.41, 5.74) is 5.69. The minimum Gasteiger partial charge on any atom is -0.465 e. The van der Waals surface area contributed by atoms with Crippen molar-refractivity contribution in [1.29, 1.82) is 0 Å². The molecule has 0 saturated carbocycles. The summed E-state index contributed by atoms with van der Waals surface area (Å²) in [6.45, 7) is 0. The maximum atomic E-state index is 13.1. The van der Waals surface area contributed by atoms with E-state index in [0.717, 1.165) is 24.4 Å². The number of nitrogens with zero attached hydrogens (tertiary/aromatic N) is 2. The summed E-state index contributed by atoms with van der Waals surface area (Å²) in [6, 6.07) is 2.86. The lowest BCUT2D eigenvalue weighted by atomic mass is 10.2. The zero-order chi connectivity index (χ0) is 14.0. The molecule has 98 valence electrons. The molecule has 0 radical (unpaired) electrons. The van der Waals surface area contributed by atoms with Gasteiger partial charge >= 0.3 is 5.97 Å². The van der Waals surface area contributed by atoms with Gasteiger partial charge in [-0.25, -0.2) is 23.5 Å². The van der Waals surface area contributed by atoms with Crippen molar-refractivity contribution in [3.63, 3.8) is 0 Å². The monoisotopic (exact) mass is 265 g/mol. The van der Waals surface area contributed by atoms with Gasteiger partial charge in [0.15, 0.2) is 5.82 Å². The number of carbonyl (C=O) groups is 1. The molecule has 1 aromatic heterocycles. The van der Waals surface area contributed by atoms with Gasteiger partial charge in [0.1, 0.15) is 23.0 Å². The number of nitrogen functional groups attached to an aromatic ring is 1. The summed E-state index contributed by atoms with van der Waals surface area (Å²) in [5, 5.41) is 0. The molecule has 0 fully saturated rings. The Hall–Kier alpha value is -2.57. The Morgan fingerprint density at radius 3 is 2.42 bits per heavy atom. The standard InChI is InChI=1S/C12H9F2N3O2/c1-19-12(18)9-5-16-11(17-10(9)15)6-2-7(13)4-8(14)3-6/h2-5H,1H3,(H2,15,16,17). The van der Waals surface area contributed by atoms with Gasteiger partial charge in [0, 0.05) is 17.8 Å². The number of ether oxygens (including phenoxy) is 1. The fourth-order valence-electron chi connectivity index (χ4n) is 1.48. The first-order valence-corrected chi connectivity index (χ1v) is 5.18. The van der Waals surface area contributed by atoms with Crippen molar-refractivity contribution in [2.75, 3.05) is 12.8 Å². The first kappa shape index (κ1) is 12.9. The molecule has 0 aliphatic rings. The Morgan fingerprint density at radius 2 is 1.89 bits per heavy atom. The van der Waals surface area contributed by atoms with Gasteiger partial charge in [-0.1, -0.05) is 0 Å². The summed E-state index contributed by atoms with van der Waals surface area (Å²) in [6.07, 6.45) is 1.15. The van der Waals surface area contributed by atoms with Crippen LogP contribution in [0.5, 0.6) is 0 Å². The third-order valence-electron chi connectivity index (χ3n) is 2.34. The molecule has 0 aliphatic carbocycles. The van der Waals surface area contributed by atoms with Gasteiger partial charge in [0.2, 0.25) is 0 Å². The predicted octanol–water partition coefficient (Wildman–Crippen LogP) is 1.79. The van der Waals surface area contributed by atoms with Gasteiger partial charge in [-0.2, -0.15) is 0 Å². The number of hydrogen-bond acceptors (Lipinski definition) is 5. The molecule has 0 unspecified atom stereocenters. The lowest BCUT2D eigenvalue weighted by Gasteiger charge is -2.05. The first-order valence-electron chi connectivity index (χ1n) is 5.18. The third kappa shape index (κ3) is 2.65. The molecule has 0 bridgehead atoms. The summed E-state index contributed by atoms with van der Waals surface area (Å²) in [5.74, 6) is -2.30. The average Bonchev–Trinajstić information content (AvgIpc) is 2.36. The number of carbonyl (C=O) groups excluding carboxylic acids is 1. The van der Waals surface area contributed by atoms with Crippen LogP contribution < -0.4 is 5.73 Å². The number of nitrogens with two attached hydrogens (primary N) is 1. The van der Waals surface area contributed by atoms with E-state index < -0.39 is 17.6 Å². The van der Waals surface area contributed by atoms with Gasteiger partial charge < -0.3 is 10.5 Å². The average molecular weight is 265 g/mol. The number of hydrogen-bond donors (Lipinski definition) is 1. The molecule has 0 atom stereocenters. The molecule has 0 saturated heterocycles. The van der Waals surface area contributed by atoms with Crippen LogP contribution in [0.1, 0.15) is 10.4 Å². The van der Waals surface area contributed by atoms with E-state index in [4.69, 9.17) is 5.73 Å². The van der Waals surface area contributed by atoms with Gasteiger partial charge in [0.05, 0.1) is 7.11 Å². The quantitative estimate of drug-likeness (QED) is 0.837. The number of anilines is 1. The Bertz CT molecular complexity index is 627. The van der Waals surface area contributed by atoms with Crippen LogP contribution >= 0.6 is 0 Å². The zero-order valence-corrected chi connectivity index (χ0v) is 9.85. The summed E-state index contributed by atoms with van der Waals surface area (Å²) in [7, 11) is 1.19. The van der Waals surface area contributed by atoms with Crippen LogP contribution in [-0.2, 0) is 4.74 Å². The molecule has 0 amide bonds. The second-order valence-electron chi connectivity index (χ2n) is 3.64. The Balaban J connectivity index is 2.47. The second-order valence-corrected chi connectivity index (χ2v) is 3.64. The van der Waals surface area contributed by atoms with Gasteiger partial charge in [-0.15, -0.1) is 0 Å². The molecular formula is C12H9F2N3O2. The molecule has 0 aliphatic heterocycles. The van der Waals surface area contributed by atoms with Crippen molar-refractivity contribution in [1.82, 2.24) is 9.97 Å². The highest BCUT2D eigenvalue weighted by molar-refractivity contribution is 5.93. The van der Waals surface area contributed by atoms with Gasteiger partial charge in [-0.05, 0) is 12.1 Å². The van der Waals surface area contributed by atoms with Crippen LogP contribution in [0.15, 0.2) is 24.4 Å². The summed E-state index contributed by atoms with van der Waals surface area (Å²) in [4.78, 5) is 19.0. The SMILES string of the molecule is COC(=O)c1cnc(-c2cc(F)cc(F)c2)nc1N. The van der Waals surface area contributed by atoms with Crippen molar-refractivity contribution in [3.8, 4) is 11.4 Å². The molecule has 7 heteroatoms. The maximum Gasteiger partial charge on any atom is 0.343 e. The molecule has 19 heavy (non-hydrogen) atoms. The number of esters is 1. The van der Waals surface area contributed by atoms with Crippen LogP contribution in [0.4, 0.5) is 14.6 Å². The lowest BCUT2D eigenvalue weighted by Crippen LogP contribution is -2.09. The largest absolute Gasteiger partial charge is 0.465 e. The second kappa shape index (κ2) is 4.97. The highest BCUT2D eigenvalue weighted by Gasteiger charge is 2.14. The fraction of sp³-hybridized carbons (Fsp3) is 0.0833. The van der Waals surface area contributed by atoms with Gasteiger partial charge in [0.25, 0.3) is 0 Å². The van der Waals surface area contributed by atoms with Crippen molar-refractivity contribution >= 4 is 11.8 Å². The molecule has 2 rings (SSSR count). The lowest BCUT2D eigenvalue weighted by molar-refractivity contribution is 0.0601. The van der Waals surface area contributed by atoms with Crippen molar-refractivity contribution in [3.05, 3.63) is 41.6 Å². The predicted molar refractivity (Wildman–Crippen MR) is 63.1 cm³/mol. The van der Waals surface area contributed by atoms with E-state index >= 15 is 0 Å². The topological polar surface area (TPSA) is 78.1 Å². The van der Waals surface area contributed by atoms with E-state index in [9.17, 15) is 13.6 Å². The summed E-state index contributed by atoms with van der Waals surface area (Å²) < 4.78 is 30.6. The molecule has 0 spiro atoms. The van der Waals surface area contributed by atoms with Crippen LogP contribution in [0.25, 0.3) is 11.4 Å². The van der Waals surface area contributed by atoms with Crippen LogP contribution in [0.3, 0.4) is 0 Å². The molecule has 1 aromatic carbocycles. The fourth-order valence-corrected chi connectivity index (χ4v) is 1.48. The molecule has 2 aromatic rings.